The molecule has 3 rings (SSSR count). The largest absolute Gasteiger partial charge is 0.480 e. The lowest BCUT2D eigenvalue weighted by Crippen LogP contribution is -2.41. The second kappa shape index (κ2) is 7.74. The molecule has 0 aromatic heterocycles. The third kappa shape index (κ3) is 3.80. The number of halogens is 1. The van der Waals surface area contributed by atoms with Crippen LogP contribution >= 0.6 is 15.9 Å². The van der Waals surface area contributed by atoms with E-state index in [4.69, 9.17) is 4.74 Å². The van der Waals surface area contributed by atoms with Gasteiger partial charge in [-0.05, 0) is 26.7 Å². The molecule has 5 nitrogen and oxygen atoms in total. The number of rotatable bonds is 6. The summed E-state index contributed by atoms with van der Waals surface area (Å²) >= 11 is 3.11. The summed E-state index contributed by atoms with van der Waals surface area (Å²) in [5.74, 6) is -1.21. The zero-order valence-electron chi connectivity index (χ0n) is 13.9. The van der Waals surface area contributed by atoms with Gasteiger partial charge in [0.05, 0.1) is 0 Å². The number of carboxylic acid groups (broad SMARTS) is 1. The molecule has 0 bridgehead atoms. The highest BCUT2D eigenvalue weighted by molar-refractivity contribution is 9.11. The van der Waals surface area contributed by atoms with Gasteiger partial charge in [0, 0.05) is 12.3 Å². The van der Waals surface area contributed by atoms with Crippen molar-refractivity contribution in [3.05, 3.63) is 70.7 Å². The number of carboxylic acids is 1. The molecule has 0 saturated heterocycles. The zero-order valence-corrected chi connectivity index (χ0v) is 15.5. The summed E-state index contributed by atoms with van der Waals surface area (Å²) in [4.78, 5) is 23.3. The van der Waals surface area contributed by atoms with E-state index in [1.165, 1.54) is 0 Å². The van der Waals surface area contributed by atoms with E-state index in [-0.39, 0.29) is 18.9 Å². The van der Waals surface area contributed by atoms with E-state index in [1.807, 2.05) is 36.4 Å². The third-order valence-corrected chi connectivity index (χ3v) is 4.68. The Balaban J connectivity index is 1.71. The standard InChI is InChI=1S/C20H18BrNO4/c1-12(21)10-18(19(23)24)22-20(25)26-11-17-15-8-4-2-6-13(15)14-7-3-5-9-16(14)17/h2-9,17-18H,1,10-11H2,(H,22,25)(H,23,24)/t18-/m1/s1. The smallest absolute Gasteiger partial charge is 0.407 e. The minimum absolute atomic E-state index is 0.0671. The van der Waals surface area contributed by atoms with Crippen LogP contribution in [-0.2, 0) is 9.53 Å². The van der Waals surface area contributed by atoms with Gasteiger partial charge in [-0.1, -0.05) is 71.0 Å². The van der Waals surface area contributed by atoms with Crippen LogP contribution in [0.4, 0.5) is 4.79 Å². The van der Waals surface area contributed by atoms with Crippen LogP contribution < -0.4 is 5.32 Å². The number of hydrogen-bond donors (Lipinski definition) is 2. The molecule has 1 amide bonds. The number of benzene rings is 2. The van der Waals surface area contributed by atoms with Gasteiger partial charge in [0.2, 0.25) is 0 Å². The van der Waals surface area contributed by atoms with Crippen LogP contribution in [0.2, 0.25) is 0 Å². The number of amides is 1. The lowest BCUT2D eigenvalue weighted by Gasteiger charge is -2.17. The Labute approximate surface area is 159 Å². The number of carbonyl (C=O) groups excluding carboxylic acids is 1. The predicted octanol–water partition coefficient (Wildman–Crippen LogP) is 4.28. The zero-order chi connectivity index (χ0) is 18.7. The van der Waals surface area contributed by atoms with E-state index < -0.39 is 18.1 Å². The molecule has 1 atom stereocenters. The Hall–Kier alpha value is -2.60. The fourth-order valence-electron chi connectivity index (χ4n) is 3.20. The van der Waals surface area contributed by atoms with Gasteiger partial charge < -0.3 is 15.2 Å². The molecule has 0 aliphatic heterocycles. The maximum atomic E-state index is 12.1. The quantitative estimate of drug-likeness (QED) is 0.737. The van der Waals surface area contributed by atoms with E-state index in [0.717, 1.165) is 22.3 Å². The van der Waals surface area contributed by atoms with Crippen molar-refractivity contribution >= 4 is 28.0 Å². The molecule has 0 saturated carbocycles. The first-order chi connectivity index (χ1) is 12.5. The molecule has 0 unspecified atom stereocenters. The fourth-order valence-corrected chi connectivity index (χ4v) is 3.53. The van der Waals surface area contributed by atoms with E-state index >= 15 is 0 Å². The van der Waals surface area contributed by atoms with Crippen molar-refractivity contribution in [1.82, 2.24) is 5.32 Å². The fraction of sp³-hybridized carbons (Fsp3) is 0.200. The third-order valence-electron chi connectivity index (χ3n) is 4.36. The number of fused-ring (bicyclic) bond motifs is 3. The molecule has 0 fully saturated rings. The first-order valence-corrected chi connectivity index (χ1v) is 8.94. The summed E-state index contributed by atoms with van der Waals surface area (Å²) < 4.78 is 5.83. The van der Waals surface area contributed by atoms with Crippen molar-refractivity contribution in [3.8, 4) is 11.1 Å². The van der Waals surface area contributed by atoms with Crippen molar-refractivity contribution in [3.63, 3.8) is 0 Å². The molecule has 2 N–H and O–H groups in total. The second-order valence-electron chi connectivity index (χ2n) is 6.08. The van der Waals surface area contributed by atoms with Gasteiger partial charge in [0.25, 0.3) is 0 Å². The van der Waals surface area contributed by atoms with Gasteiger partial charge in [0.15, 0.2) is 0 Å². The van der Waals surface area contributed by atoms with Crippen molar-refractivity contribution < 1.29 is 19.4 Å². The lowest BCUT2D eigenvalue weighted by molar-refractivity contribution is -0.139. The van der Waals surface area contributed by atoms with Gasteiger partial charge >= 0.3 is 12.1 Å². The minimum Gasteiger partial charge on any atom is -0.480 e. The molecule has 1 aliphatic rings. The molecule has 0 spiro atoms. The van der Waals surface area contributed by atoms with Crippen molar-refractivity contribution in [2.24, 2.45) is 0 Å². The molecule has 2 aromatic rings. The monoisotopic (exact) mass is 415 g/mol. The van der Waals surface area contributed by atoms with Crippen molar-refractivity contribution in [2.45, 2.75) is 18.4 Å². The molecule has 1 aliphatic carbocycles. The minimum atomic E-state index is -1.14. The Kier molecular flexibility index (Phi) is 5.42. The Bertz CT molecular complexity index is 819. The molecular weight excluding hydrogens is 398 g/mol. The second-order valence-corrected chi connectivity index (χ2v) is 7.20. The van der Waals surface area contributed by atoms with Crippen molar-refractivity contribution in [1.29, 1.82) is 0 Å². The van der Waals surface area contributed by atoms with Crippen LogP contribution in [0.25, 0.3) is 11.1 Å². The average Bonchev–Trinajstić information content (AvgIpc) is 2.93. The normalized spacial score (nSPS) is 13.4. The molecule has 6 heteroatoms. The number of alkyl carbamates (subject to hydrolysis) is 1. The van der Waals surface area contributed by atoms with Crippen LogP contribution in [-0.4, -0.2) is 29.8 Å². The van der Waals surface area contributed by atoms with Gasteiger partial charge in [-0.15, -0.1) is 0 Å². The lowest BCUT2D eigenvalue weighted by atomic mass is 9.98. The maximum absolute atomic E-state index is 12.1. The van der Waals surface area contributed by atoms with Crippen LogP contribution in [0.1, 0.15) is 23.5 Å². The molecule has 0 heterocycles. The van der Waals surface area contributed by atoms with Crippen LogP contribution in [0.15, 0.2) is 59.6 Å². The van der Waals surface area contributed by atoms with Gasteiger partial charge in [-0.2, -0.15) is 0 Å². The predicted molar refractivity (Wildman–Crippen MR) is 102 cm³/mol. The highest BCUT2D eigenvalue weighted by Gasteiger charge is 2.29. The first kappa shape index (κ1) is 18.2. The number of hydrogen-bond acceptors (Lipinski definition) is 3. The highest BCUT2D eigenvalue weighted by atomic mass is 79.9. The summed E-state index contributed by atoms with van der Waals surface area (Å²) in [5.41, 5.74) is 4.47. The Morgan fingerprint density at radius 2 is 1.65 bits per heavy atom. The van der Waals surface area contributed by atoms with Crippen LogP contribution in [0.3, 0.4) is 0 Å². The van der Waals surface area contributed by atoms with Gasteiger partial charge in [-0.25, -0.2) is 9.59 Å². The summed E-state index contributed by atoms with van der Waals surface area (Å²) in [6.45, 7) is 3.75. The molecule has 134 valence electrons. The Morgan fingerprint density at radius 1 is 1.12 bits per heavy atom. The maximum Gasteiger partial charge on any atom is 0.407 e. The summed E-state index contributed by atoms with van der Waals surface area (Å²) in [6.07, 6.45) is -0.674. The summed E-state index contributed by atoms with van der Waals surface area (Å²) in [6, 6.07) is 14.9. The average molecular weight is 416 g/mol. The molecular formula is C20H18BrNO4. The van der Waals surface area contributed by atoms with E-state index in [2.05, 4.69) is 40.0 Å². The van der Waals surface area contributed by atoms with Gasteiger partial charge in [-0.3, -0.25) is 0 Å². The van der Waals surface area contributed by atoms with Gasteiger partial charge in [0.1, 0.15) is 12.6 Å². The summed E-state index contributed by atoms with van der Waals surface area (Å²) in [7, 11) is 0. The van der Waals surface area contributed by atoms with Crippen molar-refractivity contribution in [2.75, 3.05) is 6.61 Å². The Morgan fingerprint density at radius 3 is 2.15 bits per heavy atom. The topological polar surface area (TPSA) is 75.6 Å². The first-order valence-electron chi connectivity index (χ1n) is 8.15. The van der Waals surface area contributed by atoms with Crippen LogP contribution in [0, 0.1) is 0 Å². The number of aliphatic carboxylic acids is 1. The van der Waals surface area contributed by atoms with E-state index in [9.17, 15) is 14.7 Å². The SMILES string of the molecule is C=C(Br)C[C@@H](NC(=O)OCC1c2ccccc2-c2ccccc21)C(=O)O. The highest BCUT2D eigenvalue weighted by Crippen LogP contribution is 2.44. The number of nitrogens with one attached hydrogen (secondary N) is 1. The van der Waals surface area contributed by atoms with Crippen LogP contribution in [0.5, 0.6) is 0 Å². The molecule has 0 radical (unpaired) electrons. The van der Waals surface area contributed by atoms with E-state index in [0.29, 0.717) is 4.48 Å². The molecule has 2 aromatic carbocycles. The van der Waals surface area contributed by atoms with E-state index in [1.54, 1.807) is 0 Å². The molecule has 26 heavy (non-hydrogen) atoms. The number of carbonyl (C=O) groups is 2. The summed E-state index contributed by atoms with van der Waals surface area (Å²) in [5, 5.41) is 11.5. The number of ether oxygens (including phenoxy) is 1.